The normalized spacial score (nSPS) is 10.2. The van der Waals surface area contributed by atoms with Crippen molar-refractivity contribution >= 4 is 46.8 Å². The van der Waals surface area contributed by atoms with E-state index in [0.29, 0.717) is 39.7 Å². The number of carbonyl (C=O) groups is 2. The topological polar surface area (TPSA) is 148 Å². The molecule has 0 amide bonds. The van der Waals surface area contributed by atoms with Gasteiger partial charge in [0.25, 0.3) is 0 Å². The van der Waals surface area contributed by atoms with Crippen LogP contribution >= 0.6 is 0 Å². The predicted octanol–water partition coefficient (Wildman–Crippen LogP) is 5.77. The number of hydrogen-bond acceptors (Lipinski definition) is 11. The lowest BCUT2D eigenvalue weighted by atomic mass is 10.3. The number of nitrogens with one attached hydrogen (secondary N) is 3. The van der Waals surface area contributed by atoms with E-state index >= 15 is 0 Å². The Kier molecular flexibility index (Phi) is 8.35. The second-order valence-corrected chi connectivity index (χ2v) is 8.62. The monoisotopic (exact) mass is 538 g/mol. The number of phenols is 1. The van der Waals surface area contributed by atoms with Crippen LogP contribution in [0.25, 0.3) is 0 Å². The molecule has 1 heterocycles. The first-order chi connectivity index (χ1) is 19.1. The van der Waals surface area contributed by atoms with Gasteiger partial charge in [0.1, 0.15) is 17.2 Å². The van der Waals surface area contributed by atoms with Gasteiger partial charge in [-0.1, -0.05) is 13.2 Å². The fourth-order valence-electron chi connectivity index (χ4n) is 3.08. The molecule has 1 aromatic heterocycles. The molecule has 0 aliphatic rings. The minimum atomic E-state index is -0.513. The first kappa shape index (κ1) is 27.3. The van der Waals surface area contributed by atoms with Gasteiger partial charge >= 0.3 is 11.9 Å². The fraction of sp³-hybridized carbons (Fsp3) is 0.0690. The quantitative estimate of drug-likeness (QED) is 0.0844. The van der Waals surface area contributed by atoms with E-state index in [1.807, 2.05) is 0 Å². The average Bonchev–Trinajstić information content (AvgIpc) is 2.92. The molecule has 202 valence electrons. The molecular weight excluding hydrogens is 512 g/mol. The third kappa shape index (κ3) is 7.65. The van der Waals surface area contributed by atoms with Crippen molar-refractivity contribution < 1.29 is 24.2 Å². The summed E-state index contributed by atoms with van der Waals surface area (Å²) in [6, 6.07) is 19.7. The molecule has 40 heavy (non-hydrogen) atoms. The summed E-state index contributed by atoms with van der Waals surface area (Å²) in [5.41, 5.74) is 2.50. The van der Waals surface area contributed by atoms with Crippen molar-refractivity contribution in [2.45, 2.75) is 13.8 Å². The minimum Gasteiger partial charge on any atom is -0.508 e. The molecule has 0 atom stereocenters. The summed E-state index contributed by atoms with van der Waals surface area (Å²) >= 11 is 0. The number of aromatic hydroxyl groups is 1. The molecule has 11 heteroatoms. The van der Waals surface area contributed by atoms with Crippen LogP contribution in [0.5, 0.6) is 17.2 Å². The largest absolute Gasteiger partial charge is 0.508 e. The van der Waals surface area contributed by atoms with Crippen molar-refractivity contribution in [3.05, 3.63) is 97.1 Å². The van der Waals surface area contributed by atoms with Crippen LogP contribution in [-0.2, 0) is 9.59 Å². The van der Waals surface area contributed by atoms with Crippen LogP contribution in [0.3, 0.4) is 0 Å². The molecule has 0 saturated heterocycles. The van der Waals surface area contributed by atoms with Gasteiger partial charge < -0.3 is 30.5 Å². The molecule has 4 aromatic rings. The summed E-state index contributed by atoms with van der Waals surface area (Å²) < 4.78 is 10.4. The van der Waals surface area contributed by atoms with Crippen molar-refractivity contribution in [3.8, 4) is 17.2 Å². The second-order valence-electron chi connectivity index (χ2n) is 8.62. The Labute approximate surface area is 230 Å². The van der Waals surface area contributed by atoms with Gasteiger partial charge in [-0.2, -0.15) is 15.0 Å². The first-order valence-electron chi connectivity index (χ1n) is 12.0. The van der Waals surface area contributed by atoms with E-state index in [1.165, 1.54) is 12.1 Å². The molecule has 0 bridgehead atoms. The van der Waals surface area contributed by atoms with Crippen molar-refractivity contribution in [3.63, 3.8) is 0 Å². The number of nitrogens with zero attached hydrogens (tertiary/aromatic N) is 3. The Hall–Kier alpha value is -5.71. The summed E-state index contributed by atoms with van der Waals surface area (Å²) in [6.07, 6.45) is 0. The highest BCUT2D eigenvalue weighted by Crippen LogP contribution is 2.24. The molecule has 0 aliphatic heterocycles. The predicted molar refractivity (Wildman–Crippen MR) is 152 cm³/mol. The van der Waals surface area contributed by atoms with Gasteiger partial charge in [-0.05, 0) is 86.6 Å². The summed E-state index contributed by atoms with van der Waals surface area (Å²) in [7, 11) is 0. The number of aromatic nitrogens is 3. The molecule has 0 spiro atoms. The van der Waals surface area contributed by atoms with Crippen LogP contribution in [-0.4, -0.2) is 32.0 Å². The van der Waals surface area contributed by atoms with Crippen LogP contribution in [0.2, 0.25) is 0 Å². The first-order valence-corrected chi connectivity index (χ1v) is 12.0. The maximum atomic E-state index is 11.8. The summed E-state index contributed by atoms with van der Waals surface area (Å²) in [5, 5.41) is 18.9. The molecule has 4 rings (SSSR count). The van der Waals surface area contributed by atoms with Gasteiger partial charge in [0.15, 0.2) is 0 Å². The average molecular weight is 539 g/mol. The molecule has 0 radical (unpaired) electrons. The number of phenolic OH excluding ortho intramolecular Hbond substituents is 1. The van der Waals surface area contributed by atoms with Crippen molar-refractivity contribution in [2.24, 2.45) is 0 Å². The number of anilines is 6. The second kappa shape index (κ2) is 12.2. The highest BCUT2D eigenvalue weighted by atomic mass is 16.5. The number of rotatable bonds is 10. The molecule has 0 aliphatic carbocycles. The number of hydrogen-bond donors (Lipinski definition) is 4. The lowest BCUT2D eigenvalue weighted by molar-refractivity contribution is -0.130. The molecule has 0 saturated carbocycles. The maximum Gasteiger partial charge on any atom is 0.338 e. The molecule has 3 aromatic carbocycles. The van der Waals surface area contributed by atoms with Crippen molar-refractivity contribution in [1.82, 2.24) is 15.0 Å². The zero-order valence-corrected chi connectivity index (χ0v) is 21.8. The van der Waals surface area contributed by atoms with Gasteiger partial charge in [-0.3, -0.25) is 0 Å². The number of benzene rings is 3. The molecular formula is C29H26N6O5. The van der Waals surface area contributed by atoms with E-state index in [0.717, 1.165) is 0 Å². The third-order valence-electron chi connectivity index (χ3n) is 5.10. The van der Waals surface area contributed by atoms with Gasteiger partial charge in [0.05, 0.1) is 0 Å². The number of esters is 2. The highest BCUT2D eigenvalue weighted by Gasteiger charge is 2.11. The number of carbonyl (C=O) groups excluding carboxylic acids is 2. The van der Waals surface area contributed by atoms with Crippen LogP contribution in [0.15, 0.2) is 97.1 Å². The van der Waals surface area contributed by atoms with E-state index in [2.05, 4.69) is 44.1 Å². The van der Waals surface area contributed by atoms with E-state index in [4.69, 9.17) is 9.47 Å². The standard InChI is InChI=1S/C29H26N6O5/c1-17(2)25(37)39-23-13-7-20(8-14-23)31-28-33-27(30-19-5-11-22(36)12-6-19)34-29(35-28)32-21-9-15-24(16-10-21)40-26(38)18(3)4/h5-16,36H,1,3H2,2,4H3,(H3,30,31,32,33,34,35). The van der Waals surface area contributed by atoms with Gasteiger partial charge in [-0.15, -0.1) is 0 Å². The summed E-state index contributed by atoms with van der Waals surface area (Å²) in [5.74, 6) is 0.495. The van der Waals surface area contributed by atoms with E-state index < -0.39 is 11.9 Å². The zero-order valence-electron chi connectivity index (χ0n) is 21.8. The lowest BCUT2D eigenvalue weighted by Gasteiger charge is -2.12. The Morgan fingerprint density at radius 1 is 0.600 bits per heavy atom. The van der Waals surface area contributed by atoms with E-state index in [1.54, 1.807) is 74.5 Å². The van der Waals surface area contributed by atoms with Crippen LogP contribution in [0, 0.1) is 0 Å². The van der Waals surface area contributed by atoms with Gasteiger partial charge in [-0.25, -0.2) is 9.59 Å². The fourth-order valence-corrected chi connectivity index (χ4v) is 3.08. The molecule has 11 nitrogen and oxygen atoms in total. The van der Waals surface area contributed by atoms with Gasteiger partial charge in [0, 0.05) is 28.2 Å². The summed E-state index contributed by atoms with van der Waals surface area (Å²) in [6.45, 7) is 10.3. The molecule has 0 fully saturated rings. The molecule has 0 unspecified atom stereocenters. The molecule has 4 N–H and O–H groups in total. The van der Waals surface area contributed by atoms with Crippen molar-refractivity contribution in [1.29, 1.82) is 0 Å². The zero-order chi connectivity index (χ0) is 28.6. The van der Waals surface area contributed by atoms with Crippen LogP contribution in [0.4, 0.5) is 34.9 Å². The summed E-state index contributed by atoms with van der Waals surface area (Å²) in [4.78, 5) is 36.8. The Bertz CT molecular complexity index is 1460. The van der Waals surface area contributed by atoms with E-state index in [-0.39, 0.29) is 23.6 Å². The Morgan fingerprint density at radius 3 is 1.20 bits per heavy atom. The highest BCUT2D eigenvalue weighted by molar-refractivity contribution is 5.89. The van der Waals surface area contributed by atoms with Crippen molar-refractivity contribution in [2.75, 3.05) is 16.0 Å². The van der Waals surface area contributed by atoms with Crippen LogP contribution < -0.4 is 25.4 Å². The Morgan fingerprint density at radius 2 is 0.900 bits per heavy atom. The minimum absolute atomic E-state index is 0.126. The third-order valence-corrected chi connectivity index (χ3v) is 5.10. The maximum absolute atomic E-state index is 11.8. The smallest absolute Gasteiger partial charge is 0.338 e. The van der Waals surface area contributed by atoms with E-state index in [9.17, 15) is 14.7 Å². The SMILES string of the molecule is C=C(C)C(=O)Oc1ccc(Nc2nc(Nc3ccc(O)cc3)nc(Nc3ccc(OC(=O)C(=C)C)cc3)n2)cc1. The Balaban J connectivity index is 1.55. The lowest BCUT2D eigenvalue weighted by Crippen LogP contribution is -2.09. The van der Waals surface area contributed by atoms with Crippen LogP contribution in [0.1, 0.15) is 13.8 Å². The number of ether oxygens (including phenoxy) is 2. The van der Waals surface area contributed by atoms with Gasteiger partial charge in [0.2, 0.25) is 17.8 Å².